The zero-order valence-electron chi connectivity index (χ0n) is 22.3. The molecule has 2 aliphatic heterocycles. The predicted molar refractivity (Wildman–Crippen MR) is 139 cm³/mol. The fourth-order valence-electron chi connectivity index (χ4n) is 5.55. The standard InChI is InChI=1S/C27H36N4O6/c1-27-11-12-29(2)25(27)31(4)21-9-7-18(14-20(21)27)37-26(34)30(3)16-24(33)28-15-22(32)19-13-17(35-5)8-10-23(19)36-6/h7-10,13-14,22,25,32H,11-12,15-16H2,1-6H3,(H,28,33)/t22?,25-,27+/m1/s1. The smallest absolute Gasteiger partial charge is 0.415 e. The van der Waals surface area contributed by atoms with Crippen LogP contribution in [0.3, 0.4) is 0 Å². The van der Waals surface area contributed by atoms with Crippen molar-refractivity contribution >= 4 is 17.7 Å². The highest BCUT2D eigenvalue weighted by Gasteiger charge is 2.52. The Bertz CT molecular complexity index is 1170. The second-order valence-electron chi connectivity index (χ2n) is 9.96. The Balaban J connectivity index is 1.33. The average Bonchev–Trinajstić information content (AvgIpc) is 3.31. The van der Waals surface area contributed by atoms with Gasteiger partial charge in [-0.05, 0) is 55.4 Å². The van der Waals surface area contributed by atoms with Gasteiger partial charge in [0.2, 0.25) is 5.91 Å². The molecule has 10 nitrogen and oxygen atoms in total. The monoisotopic (exact) mass is 512 g/mol. The third-order valence-corrected chi connectivity index (χ3v) is 7.49. The summed E-state index contributed by atoms with van der Waals surface area (Å²) in [5.41, 5.74) is 2.75. The molecule has 10 heteroatoms. The highest BCUT2D eigenvalue weighted by molar-refractivity contribution is 5.83. The van der Waals surface area contributed by atoms with Crippen molar-refractivity contribution in [3.8, 4) is 17.2 Å². The minimum absolute atomic E-state index is 0.0423. The van der Waals surface area contributed by atoms with Crippen LogP contribution in [0.1, 0.15) is 30.6 Å². The van der Waals surface area contributed by atoms with Crippen molar-refractivity contribution in [1.29, 1.82) is 0 Å². The summed E-state index contributed by atoms with van der Waals surface area (Å²) in [7, 11) is 8.75. The number of aliphatic hydroxyl groups excluding tert-OH is 1. The zero-order chi connectivity index (χ0) is 26.9. The van der Waals surface area contributed by atoms with Crippen LogP contribution in [0.2, 0.25) is 0 Å². The first-order chi connectivity index (χ1) is 17.6. The molecule has 1 saturated heterocycles. The maximum atomic E-state index is 12.7. The second kappa shape index (κ2) is 10.5. The molecule has 1 unspecified atom stereocenters. The quantitative estimate of drug-likeness (QED) is 0.556. The molecule has 0 spiro atoms. The SMILES string of the molecule is COc1ccc(OC)c(C(O)CNC(=O)CN(C)C(=O)Oc2ccc3c(c2)[C@]2(C)CCN(C)[C@@H]2N3C)c1. The third kappa shape index (κ3) is 5.03. The number of nitrogens with one attached hydrogen (secondary N) is 1. The van der Waals surface area contributed by atoms with E-state index in [1.807, 2.05) is 12.1 Å². The van der Waals surface area contributed by atoms with Crippen LogP contribution < -0.4 is 24.4 Å². The molecular weight excluding hydrogens is 476 g/mol. The summed E-state index contributed by atoms with van der Waals surface area (Å²) in [6, 6.07) is 10.8. The van der Waals surface area contributed by atoms with Crippen LogP contribution >= 0.6 is 0 Å². The van der Waals surface area contributed by atoms with Crippen LogP contribution in [0.4, 0.5) is 10.5 Å². The van der Waals surface area contributed by atoms with Gasteiger partial charge in [-0.15, -0.1) is 0 Å². The number of rotatable bonds is 8. The molecule has 2 aliphatic rings. The molecule has 1 fully saturated rings. The Kier molecular flexibility index (Phi) is 7.52. The molecule has 2 heterocycles. The van der Waals surface area contributed by atoms with Crippen LogP contribution in [-0.4, -0.2) is 88.1 Å². The molecule has 2 aromatic rings. The first-order valence-electron chi connectivity index (χ1n) is 12.3. The number of fused-ring (bicyclic) bond motifs is 3. The number of methoxy groups -OCH3 is 2. The van der Waals surface area contributed by atoms with E-state index in [1.165, 1.54) is 26.2 Å². The average molecular weight is 513 g/mol. The lowest BCUT2D eigenvalue weighted by molar-refractivity contribution is -0.122. The van der Waals surface area contributed by atoms with E-state index in [1.54, 1.807) is 24.3 Å². The van der Waals surface area contributed by atoms with Crippen molar-refractivity contribution in [2.75, 3.05) is 59.9 Å². The number of carbonyl (C=O) groups excluding carboxylic acids is 2. The van der Waals surface area contributed by atoms with Gasteiger partial charge in [0.1, 0.15) is 23.8 Å². The number of carbonyl (C=O) groups is 2. The molecule has 3 atom stereocenters. The van der Waals surface area contributed by atoms with Gasteiger partial charge in [0.05, 0.1) is 26.5 Å². The van der Waals surface area contributed by atoms with Gasteiger partial charge < -0.3 is 34.4 Å². The van der Waals surface area contributed by atoms with E-state index in [0.29, 0.717) is 22.8 Å². The summed E-state index contributed by atoms with van der Waals surface area (Å²) in [5.74, 6) is 1.06. The number of anilines is 1. The van der Waals surface area contributed by atoms with Gasteiger partial charge >= 0.3 is 6.09 Å². The number of hydrogen-bond donors (Lipinski definition) is 2. The number of amides is 2. The molecule has 0 bridgehead atoms. The molecule has 2 N–H and O–H groups in total. The lowest BCUT2D eigenvalue weighted by Gasteiger charge is -2.32. The lowest BCUT2D eigenvalue weighted by Crippen LogP contribution is -2.45. The van der Waals surface area contributed by atoms with Gasteiger partial charge in [-0.25, -0.2) is 4.79 Å². The summed E-state index contributed by atoms with van der Waals surface area (Å²) < 4.78 is 16.1. The van der Waals surface area contributed by atoms with Crippen molar-refractivity contribution in [1.82, 2.24) is 15.1 Å². The maximum absolute atomic E-state index is 12.7. The van der Waals surface area contributed by atoms with Gasteiger partial charge in [-0.1, -0.05) is 6.92 Å². The van der Waals surface area contributed by atoms with Crippen molar-refractivity contribution in [2.24, 2.45) is 0 Å². The molecule has 0 aliphatic carbocycles. The second-order valence-corrected chi connectivity index (χ2v) is 9.96. The summed E-state index contributed by atoms with van der Waals surface area (Å²) in [5, 5.41) is 13.2. The largest absolute Gasteiger partial charge is 0.497 e. The normalized spacial score (nSPS) is 21.2. The van der Waals surface area contributed by atoms with Gasteiger partial charge in [-0.2, -0.15) is 0 Å². The van der Waals surface area contributed by atoms with Crippen molar-refractivity contribution in [2.45, 2.75) is 31.0 Å². The summed E-state index contributed by atoms with van der Waals surface area (Å²) in [6.07, 6.45) is -0.360. The van der Waals surface area contributed by atoms with E-state index in [2.05, 4.69) is 36.1 Å². The Morgan fingerprint density at radius 2 is 1.89 bits per heavy atom. The predicted octanol–water partition coefficient (Wildman–Crippen LogP) is 2.35. The molecule has 0 radical (unpaired) electrons. The van der Waals surface area contributed by atoms with E-state index in [4.69, 9.17) is 14.2 Å². The maximum Gasteiger partial charge on any atom is 0.415 e. The Morgan fingerprint density at radius 3 is 2.59 bits per heavy atom. The summed E-state index contributed by atoms with van der Waals surface area (Å²) in [4.78, 5) is 31.0. The van der Waals surface area contributed by atoms with Crippen molar-refractivity contribution < 1.29 is 28.9 Å². The van der Waals surface area contributed by atoms with E-state index >= 15 is 0 Å². The fourth-order valence-corrected chi connectivity index (χ4v) is 5.55. The number of aliphatic hydroxyl groups is 1. The number of likely N-dealkylation sites (tertiary alicyclic amines) is 1. The van der Waals surface area contributed by atoms with Crippen LogP contribution in [0.25, 0.3) is 0 Å². The van der Waals surface area contributed by atoms with Gasteiger partial charge in [0.15, 0.2) is 0 Å². The molecule has 0 saturated carbocycles. The molecule has 200 valence electrons. The summed E-state index contributed by atoms with van der Waals surface area (Å²) in [6.45, 7) is 2.98. The topological polar surface area (TPSA) is 104 Å². The molecule has 2 amide bonds. The minimum atomic E-state index is -1.02. The van der Waals surface area contributed by atoms with Gasteiger partial charge in [0.25, 0.3) is 0 Å². The Labute approximate surface area is 217 Å². The van der Waals surface area contributed by atoms with E-state index in [-0.39, 0.29) is 24.7 Å². The number of benzene rings is 2. The van der Waals surface area contributed by atoms with Gasteiger partial charge in [0, 0.05) is 43.9 Å². The lowest BCUT2D eigenvalue weighted by atomic mass is 9.81. The number of nitrogens with zero attached hydrogens (tertiary/aromatic N) is 3. The zero-order valence-corrected chi connectivity index (χ0v) is 22.3. The van der Waals surface area contributed by atoms with Crippen molar-refractivity contribution in [3.05, 3.63) is 47.5 Å². The van der Waals surface area contributed by atoms with E-state index in [9.17, 15) is 14.7 Å². The third-order valence-electron chi connectivity index (χ3n) is 7.49. The van der Waals surface area contributed by atoms with E-state index in [0.717, 1.165) is 24.2 Å². The summed E-state index contributed by atoms with van der Waals surface area (Å²) >= 11 is 0. The Morgan fingerprint density at radius 1 is 1.16 bits per heavy atom. The number of hydrogen-bond acceptors (Lipinski definition) is 8. The highest BCUT2D eigenvalue weighted by atomic mass is 16.6. The van der Waals surface area contributed by atoms with Crippen molar-refractivity contribution in [3.63, 3.8) is 0 Å². The number of ether oxygens (including phenoxy) is 3. The van der Waals surface area contributed by atoms with Crippen LogP contribution in [-0.2, 0) is 10.2 Å². The first-order valence-corrected chi connectivity index (χ1v) is 12.3. The van der Waals surface area contributed by atoms with Crippen LogP contribution in [0.15, 0.2) is 36.4 Å². The molecule has 2 aromatic carbocycles. The molecule has 0 aromatic heterocycles. The highest BCUT2D eigenvalue weighted by Crippen LogP contribution is 2.51. The fraction of sp³-hybridized carbons (Fsp3) is 0.481. The first kappa shape index (κ1) is 26.6. The Hall–Kier alpha value is -3.50. The molecular formula is C27H36N4O6. The minimum Gasteiger partial charge on any atom is -0.497 e. The molecule has 37 heavy (non-hydrogen) atoms. The van der Waals surface area contributed by atoms with Gasteiger partial charge in [-0.3, -0.25) is 9.69 Å². The van der Waals surface area contributed by atoms with Crippen LogP contribution in [0.5, 0.6) is 17.2 Å². The van der Waals surface area contributed by atoms with Crippen LogP contribution in [0, 0.1) is 0 Å². The van der Waals surface area contributed by atoms with E-state index < -0.39 is 18.1 Å². The molecule has 4 rings (SSSR count). The number of likely N-dealkylation sites (N-methyl/N-ethyl adjacent to an activating group) is 3.